The molecule has 0 amide bonds. The van der Waals surface area contributed by atoms with Gasteiger partial charge >= 0.3 is 0 Å². The lowest BCUT2D eigenvalue weighted by atomic mass is 10.2. The molecule has 2 heterocycles. The zero-order valence-electron chi connectivity index (χ0n) is 16.5. The number of likely N-dealkylation sites (N-methyl/N-ethyl adjacent to an activating group) is 1. The van der Waals surface area contributed by atoms with Gasteiger partial charge in [-0.25, -0.2) is 8.42 Å². The fourth-order valence-electron chi connectivity index (χ4n) is 3.75. The number of non-ortho nitro benzene ring substituents is 1. The van der Waals surface area contributed by atoms with Gasteiger partial charge in [0, 0.05) is 70.5 Å². The molecule has 156 valence electrons. The number of hydrogen-bond donors (Lipinski definition) is 0. The molecule has 1 atom stereocenters. The molecule has 0 aromatic heterocycles. The molecule has 1 unspecified atom stereocenters. The van der Waals surface area contributed by atoms with Crippen LogP contribution in [0.5, 0.6) is 0 Å². The molecule has 0 saturated carbocycles. The van der Waals surface area contributed by atoms with E-state index in [0.29, 0.717) is 6.54 Å². The predicted molar refractivity (Wildman–Crippen MR) is 108 cm³/mol. The predicted octanol–water partition coefficient (Wildman–Crippen LogP) is 0.288. The van der Waals surface area contributed by atoms with Crippen LogP contribution in [0.3, 0.4) is 0 Å². The molecular formula is C18H29N5O4S. The van der Waals surface area contributed by atoms with Crippen LogP contribution < -0.4 is 0 Å². The van der Waals surface area contributed by atoms with E-state index >= 15 is 0 Å². The Bertz CT molecular complexity index is 776. The molecule has 0 bridgehead atoms. The van der Waals surface area contributed by atoms with Crippen LogP contribution in [0, 0.1) is 10.1 Å². The van der Waals surface area contributed by atoms with Gasteiger partial charge in [0.2, 0.25) is 10.0 Å². The Morgan fingerprint density at radius 1 is 1.14 bits per heavy atom. The smallest absolute Gasteiger partial charge is 0.269 e. The zero-order chi connectivity index (χ0) is 20.3. The SMILES string of the molecule is CN(C)CCN1CCN(C2CN(Cc3ccc([N+](=O)[O-])cc3)S(=O)(=O)C2)CC1. The number of hydrogen-bond acceptors (Lipinski definition) is 7. The second-order valence-electron chi connectivity index (χ2n) is 7.83. The van der Waals surface area contributed by atoms with Crippen LogP contribution in [0.15, 0.2) is 24.3 Å². The van der Waals surface area contributed by atoms with Crippen LogP contribution >= 0.6 is 0 Å². The topological polar surface area (TPSA) is 90.2 Å². The van der Waals surface area contributed by atoms with Gasteiger partial charge in [-0.1, -0.05) is 12.1 Å². The van der Waals surface area contributed by atoms with Gasteiger partial charge in [0.05, 0.1) is 10.7 Å². The molecule has 1 aromatic carbocycles. The van der Waals surface area contributed by atoms with E-state index in [4.69, 9.17) is 0 Å². The molecule has 3 rings (SSSR count). The average Bonchev–Trinajstić information content (AvgIpc) is 2.95. The fourth-order valence-corrected chi connectivity index (χ4v) is 5.51. The van der Waals surface area contributed by atoms with Gasteiger partial charge in [-0.3, -0.25) is 19.9 Å². The van der Waals surface area contributed by atoms with Gasteiger partial charge in [0.25, 0.3) is 5.69 Å². The normalized spacial score (nSPS) is 24.0. The monoisotopic (exact) mass is 411 g/mol. The zero-order valence-corrected chi connectivity index (χ0v) is 17.3. The van der Waals surface area contributed by atoms with E-state index in [9.17, 15) is 18.5 Å². The minimum atomic E-state index is -3.31. The van der Waals surface area contributed by atoms with Crippen LogP contribution in [0.2, 0.25) is 0 Å². The Morgan fingerprint density at radius 2 is 1.79 bits per heavy atom. The molecule has 0 aliphatic carbocycles. The Kier molecular flexibility index (Phi) is 6.66. The second-order valence-corrected chi connectivity index (χ2v) is 9.84. The van der Waals surface area contributed by atoms with Gasteiger partial charge < -0.3 is 4.90 Å². The molecule has 10 heteroatoms. The quantitative estimate of drug-likeness (QED) is 0.470. The lowest BCUT2D eigenvalue weighted by Gasteiger charge is -2.37. The van der Waals surface area contributed by atoms with Crippen molar-refractivity contribution in [2.45, 2.75) is 12.6 Å². The molecule has 1 aromatic rings. The van der Waals surface area contributed by atoms with Crippen molar-refractivity contribution in [3.63, 3.8) is 0 Å². The van der Waals surface area contributed by atoms with E-state index in [1.165, 1.54) is 16.4 Å². The summed E-state index contributed by atoms with van der Waals surface area (Å²) in [4.78, 5) is 17.2. The summed E-state index contributed by atoms with van der Waals surface area (Å²) >= 11 is 0. The van der Waals surface area contributed by atoms with Crippen molar-refractivity contribution in [2.75, 3.05) is 65.7 Å². The third-order valence-corrected chi connectivity index (χ3v) is 7.37. The van der Waals surface area contributed by atoms with Crippen molar-refractivity contribution in [1.29, 1.82) is 0 Å². The summed E-state index contributed by atoms with van der Waals surface area (Å²) in [7, 11) is 0.830. The molecule has 2 fully saturated rings. The van der Waals surface area contributed by atoms with E-state index in [0.717, 1.165) is 44.8 Å². The minimum absolute atomic E-state index is 0.0121. The van der Waals surface area contributed by atoms with Crippen LogP contribution in [0.1, 0.15) is 5.56 Å². The highest BCUT2D eigenvalue weighted by molar-refractivity contribution is 7.89. The fraction of sp³-hybridized carbons (Fsp3) is 0.667. The Labute approximate surface area is 166 Å². The lowest BCUT2D eigenvalue weighted by Crippen LogP contribution is -2.52. The van der Waals surface area contributed by atoms with Crippen molar-refractivity contribution < 1.29 is 13.3 Å². The van der Waals surface area contributed by atoms with Crippen molar-refractivity contribution in [3.8, 4) is 0 Å². The first-order chi connectivity index (χ1) is 13.2. The Morgan fingerprint density at radius 3 is 2.36 bits per heavy atom. The first-order valence-corrected chi connectivity index (χ1v) is 11.2. The number of nitro groups is 1. The maximum Gasteiger partial charge on any atom is 0.269 e. The van der Waals surface area contributed by atoms with Crippen molar-refractivity contribution >= 4 is 15.7 Å². The Hall–Kier alpha value is -1.59. The molecule has 28 heavy (non-hydrogen) atoms. The van der Waals surface area contributed by atoms with Gasteiger partial charge in [0.15, 0.2) is 0 Å². The highest BCUT2D eigenvalue weighted by atomic mass is 32.2. The first-order valence-electron chi connectivity index (χ1n) is 9.57. The van der Waals surface area contributed by atoms with Crippen LogP contribution in [0.4, 0.5) is 5.69 Å². The summed E-state index contributed by atoms with van der Waals surface area (Å²) in [6.07, 6.45) is 0. The summed E-state index contributed by atoms with van der Waals surface area (Å²) in [6, 6.07) is 6.11. The van der Waals surface area contributed by atoms with Crippen LogP contribution in [-0.2, 0) is 16.6 Å². The van der Waals surface area contributed by atoms with E-state index in [1.54, 1.807) is 12.1 Å². The van der Waals surface area contributed by atoms with Gasteiger partial charge in [0.1, 0.15) is 0 Å². The minimum Gasteiger partial charge on any atom is -0.308 e. The maximum atomic E-state index is 12.6. The molecule has 2 aliphatic rings. The van der Waals surface area contributed by atoms with Gasteiger partial charge in [-0.15, -0.1) is 0 Å². The number of rotatable bonds is 7. The average molecular weight is 412 g/mol. The second kappa shape index (κ2) is 8.83. The summed E-state index contributed by atoms with van der Waals surface area (Å²) in [5.74, 6) is 0.150. The van der Waals surface area contributed by atoms with Crippen molar-refractivity contribution in [1.82, 2.24) is 19.0 Å². The molecule has 2 saturated heterocycles. The van der Waals surface area contributed by atoms with Crippen molar-refractivity contribution in [2.24, 2.45) is 0 Å². The standard InChI is InChI=1S/C18H29N5O4S/c1-19(2)7-8-20-9-11-21(12-10-20)18-14-22(28(26,27)15-18)13-16-3-5-17(6-4-16)23(24)25/h3-6,18H,7-15H2,1-2H3. The number of piperazine rings is 1. The molecule has 0 radical (unpaired) electrons. The molecule has 0 N–H and O–H groups in total. The largest absolute Gasteiger partial charge is 0.308 e. The summed E-state index contributed by atoms with van der Waals surface area (Å²) in [5.41, 5.74) is 0.779. The van der Waals surface area contributed by atoms with E-state index < -0.39 is 14.9 Å². The summed E-state index contributed by atoms with van der Waals surface area (Å²) in [6.45, 7) is 6.52. The molecule has 0 spiro atoms. The molecular weight excluding hydrogens is 382 g/mol. The van der Waals surface area contributed by atoms with Crippen molar-refractivity contribution in [3.05, 3.63) is 39.9 Å². The number of nitro benzene ring substituents is 1. The summed E-state index contributed by atoms with van der Waals surface area (Å²) < 4.78 is 26.7. The van der Waals surface area contributed by atoms with Gasteiger partial charge in [-0.2, -0.15) is 4.31 Å². The van der Waals surface area contributed by atoms with Crippen LogP contribution in [-0.4, -0.2) is 104 Å². The highest BCUT2D eigenvalue weighted by Gasteiger charge is 2.39. The maximum absolute atomic E-state index is 12.6. The molecule has 9 nitrogen and oxygen atoms in total. The number of nitrogens with zero attached hydrogens (tertiary/aromatic N) is 5. The van der Waals surface area contributed by atoms with Gasteiger partial charge in [-0.05, 0) is 19.7 Å². The third kappa shape index (κ3) is 5.26. The number of sulfonamides is 1. The Balaban J connectivity index is 1.55. The first kappa shape index (κ1) is 21.1. The van der Waals surface area contributed by atoms with Crippen LogP contribution in [0.25, 0.3) is 0 Å². The van der Waals surface area contributed by atoms with E-state index in [1.807, 2.05) is 0 Å². The number of benzene rings is 1. The third-order valence-electron chi connectivity index (χ3n) is 5.50. The highest BCUT2D eigenvalue weighted by Crippen LogP contribution is 2.23. The van der Waals surface area contributed by atoms with E-state index in [2.05, 4.69) is 28.8 Å². The van der Waals surface area contributed by atoms with E-state index in [-0.39, 0.29) is 24.0 Å². The molecule has 2 aliphatic heterocycles. The lowest BCUT2D eigenvalue weighted by molar-refractivity contribution is -0.384. The summed E-state index contributed by atoms with van der Waals surface area (Å²) in [5, 5.41) is 10.8.